The third-order valence-electron chi connectivity index (χ3n) is 4.15. The van der Waals surface area contributed by atoms with Crippen LogP contribution in [0.4, 0.5) is 14.5 Å². The summed E-state index contributed by atoms with van der Waals surface area (Å²) in [5, 5.41) is 8.74. The molecule has 1 atom stereocenters. The Morgan fingerprint density at radius 1 is 1.21 bits per heavy atom. The van der Waals surface area contributed by atoms with Crippen LogP contribution in [0.5, 0.6) is 0 Å². The van der Waals surface area contributed by atoms with Crippen molar-refractivity contribution in [2.75, 3.05) is 18.0 Å². The number of hydrogen-bond acceptors (Lipinski definition) is 2. The van der Waals surface area contributed by atoms with Crippen LogP contribution in [0.2, 0.25) is 0 Å². The fraction of sp³-hybridized carbons (Fsp3) is 0.500. The van der Waals surface area contributed by atoms with E-state index >= 15 is 0 Å². The number of nitriles is 1. The zero-order valence-corrected chi connectivity index (χ0v) is 11.2. The van der Waals surface area contributed by atoms with Gasteiger partial charge >= 0.3 is 0 Å². The first kappa shape index (κ1) is 14.1. The first-order valence-electron chi connectivity index (χ1n) is 6.19. The largest absolute Gasteiger partial charge is 0.371 e. The summed E-state index contributed by atoms with van der Waals surface area (Å²) in [4.78, 5) is 2.02. The monoisotopic (exact) mass is 284 g/mol. The van der Waals surface area contributed by atoms with Crippen molar-refractivity contribution in [2.45, 2.75) is 25.2 Å². The molecular weight excluding hydrogens is 270 g/mol. The number of piperidine rings is 1. The van der Waals surface area contributed by atoms with E-state index in [2.05, 4.69) is 6.07 Å². The SMILES string of the molecule is Cl.N#Cc1ccc(N2CCCC3(C2)CC3(F)F)cc1. The van der Waals surface area contributed by atoms with E-state index in [-0.39, 0.29) is 18.8 Å². The molecule has 1 unspecified atom stereocenters. The van der Waals surface area contributed by atoms with E-state index in [4.69, 9.17) is 5.26 Å². The molecule has 2 fully saturated rings. The maximum Gasteiger partial charge on any atom is 0.256 e. The number of benzene rings is 1. The van der Waals surface area contributed by atoms with E-state index in [1.807, 2.05) is 17.0 Å². The van der Waals surface area contributed by atoms with E-state index < -0.39 is 11.3 Å². The van der Waals surface area contributed by atoms with Gasteiger partial charge in [0.2, 0.25) is 0 Å². The molecule has 19 heavy (non-hydrogen) atoms. The quantitative estimate of drug-likeness (QED) is 0.788. The number of halogens is 3. The summed E-state index contributed by atoms with van der Waals surface area (Å²) in [7, 11) is 0. The maximum atomic E-state index is 13.4. The summed E-state index contributed by atoms with van der Waals surface area (Å²) in [6.45, 7) is 1.26. The van der Waals surface area contributed by atoms with Gasteiger partial charge in [-0.25, -0.2) is 8.78 Å². The van der Waals surface area contributed by atoms with Crippen molar-refractivity contribution in [3.8, 4) is 6.07 Å². The molecule has 0 N–H and O–H groups in total. The fourth-order valence-electron chi connectivity index (χ4n) is 2.92. The Balaban J connectivity index is 0.00000133. The molecular formula is C14H15ClF2N2. The Morgan fingerprint density at radius 2 is 1.84 bits per heavy atom. The van der Waals surface area contributed by atoms with Crippen LogP contribution in [0.15, 0.2) is 24.3 Å². The Labute approximate surface area is 117 Å². The number of hydrogen-bond donors (Lipinski definition) is 0. The molecule has 0 aromatic heterocycles. The molecule has 3 rings (SSSR count). The van der Waals surface area contributed by atoms with Gasteiger partial charge in [0, 0.05) is 25.2 Å². The summed E-state index contributed by atoms with van der Waals surface area (Å²) >= 11 is 0. The van der Waals surface area contributed by atoms with Crippen LogP contribution >= 0.6 is 12.4 Å². The van der Waals surface area contributed by atoms with Crippen LogP contribution in [-0.4, -0.2) is 19.0 Å². The number of rotatable bonds is 1. The van der Waals surface area contributed by atoms with Gasteiger partial charge in [-0.1, -0.05) is 0 Å². The van der Waals surface area contributed by atoms with Crippen molar-refractivity contribution < 1.29 is 8.78 Å². The van der Waals surface area contributed by atoms with E-state index in [1.165, 1.54) is 0 Å². The van der Waals surface area contributed by atoms with Gasteiger partial charge in [0.15, 0.2) is 0 Å². The molecule has 2 nitrogen and oxygen atoms in total. The highest BCUT2D eigenvalue weighted by molar-refractivity contribution is 5.85. The Kier molecular flexibility index (Phi) is 3.44. The Morgan fingerprint density at radius 3 is 2.37 bits per heavy atom. The first-order valence-corrected chi connectivity index (χ1v) is 6.19. The third-order valence-corrected chi connectivity index (χ3v) is 4.15. The van der Waals surface area contributed by atoms with Gasteiger partial charge in [0.1, 0.15) is 0 Å². The van der Waals surface area contributed by atoms with E-state index in [9.17, 15) is 8.78 Å². The van der Waals surface area contributed by atoms with Crippen molar-refractivity contribution in [2.24, 2.45) is 5.41 Å². The minimum Gasteiger partial charge on any atom is -0.371 e. The molecule has 102 valence electrons. The molecule has 1 spiro atoms. The fourth-order valence-corrected chi connectivity index (χ4v) is 2.92. The van der Waals surface area contributed by atoms with Crippen LogP contribution in [0.25, 0.3) is 0 Å². The van der Waals surface area contributed by atoms with Crippen LogP contribution in [0, 0.1) is 16.7 Å². The summed E-state index contributed by atoms with van der Waals surface area (Å²) < 4.78 is 26.8. The highest BCUT2D eigenvalue weighted by Gasteiger charge is 2.71. The summed E-state index contributed by atoms with van der Waals surface area (Å²) in [5.41, 5.74) is 0.761. The van der Waals surface area contributed by atoms with Crippen LogP contribution < -0.4 is 4.90 Å². The molecule has 1 saturated heterocycles. The third kappa shape index (κ3) is 2.28. The second-order valence-corrected chi connectivity index (χ2v) is 5.35. The first-order chi connectivity index (χ1) is 8.56. The molecule has 1 aromatic carbocycles. The molecule has 1 heterocycles. The van der Waals surface area contributed by atoms with Gasteiger partial charge in [0.25, 0.3) is 5.92 Å². The summed E-state index contributed by atoms with van der Waals surface area (Å²) in [5.74, 6) is -2.47. The molecule has 0 amide bonds. The molecule has 0 radical (unpaired) electrons. The van der Waals surface area contributed by atoms with Crippen molar-refractivity contribution in [1.29, 1.82) is 5.26 Å². The summed E-state index contributed by atoms with van der Waals surface area (Å²) in [6.07, 6.45) is 1.48. The van der Waals surface area contributed by atoms with Crippen molar-refractivity contribution in [3.05, 3.63) is 29.8 Å². The minimum absolute atomic E-state index is 0. The lowest BCUT2D eigenvalue weighted by atomic mass is 9.94. The molecule has 1 aliphatic heterocycles. The molecule has 0 bridgehead atoms. The Bertz CT molecular complexity index is 509. The number of alkyl halides is 2. The maximum absolute atomic E-state index is 13.4. The van der Waals surface area contributed by atoms with Crippen LogP contribution in [-0.2, 0) is 0 Å². The lowest BCUT2D eigenvalue weighted by molar-refractivity contribution is 0.0575. The highest BCUT2D eigenvalue weighted by atomic mass is 35.5. The number of nitrogens with zero attached hydrogens (tertiary/aromatic N) is 2. The van der Waals surface area contributed by atoms with E-state index in [0.717, 1.165) is 18.7 Å². The summed E-state index contributed by atoms with van der Waals surface area (Å²) in [6, 6.07) is 9.23. The van der Waals surface area contributed by atoms with Gasteiger partial charge in [0.05, 0.1) is 17.0 Å². The van der Waals surface area contributed by atoms with Crippen molar-refractivity contribution >= 4 is 18.1 Å². The zero-order valence-electron chi connectivity index (χ0n) is 10.4. The zero-order chi connectivity index (χ0) is 12.8. The second kappa shape index (κ2) is 4.64. The smallest absolute Gasteiger partial charge is 0.256 e. The van der Waals surface area contributed by atoms with Gasteiger partial charge in [-0.05, 0) is 37.1 Å². The molecule has 1 aliphatic carbocycles. The Hall–Kier alpha value is -1.34. The van der Waals surface area contributed by atoms with Crippen molar-refractivity contribution in [1.82, 2.24) is 0 Å². The minimum atomic E-state index is -2.47. The predicted molar refractivity (Wildman–Crippen MR) is 71.8 cm³/mol. The van der Waals surface area contributed by atoms with E-state index in [0.29, 0.717) is 18.5 Å². The van der Waals surface area contributed by atoms with Crippen LogP contribution in [0.3, 0.4) is 0 Å². The lowest BCUT2D eigenvalue weighted by Crippen LogP contribution is -2.39. The van der Waals surface area contributed by atoms with Crippen LogP contribution in [0.1, 0.15) is 24.8 Å². The average molecular weight is 285 g/mol. The molecule has 1 aromatic rings. The van der Waals surface area contributed by atoms with Gasteiger partial charge in [-0.3, -0.25) is 0 Å². The molecule has 2 aliphatic rings. The highest BCUT2D eigenvalue weighted by Crippen LogP contribution is 2.64. The topological polar surface area (TPSA) is 27.0 Å². The molecule has 1 saturated carbocycles. The number of anilines is 1. The lowest BCUT2D eigenvalue weighted by Gasteiger charge is -2.34. The predicted octanol–water partition coefficient (Wildman–Crippen LogP) is 3.61. The van der Waals surface area contributed by atoms with Gasteiger partial charge in [-0.2, -0.15) is 5.26 Å². The van der Waals surface area contributed by atoms with Gasteiger partial charge < -0.3 is 4.90 Å². The molecule has 5 heteroatoms. The van der Waals surface area contributed by atoms with E-state index in [1.54, 1.807) is 12.1 Å². The second-order valence-electron chi connectivity index (χ2n) is 5.35. The van der Waals surface area contributed by atoms with Crippen molar-refractivity contribution in [3.63, 3.8) is 0 Å². The standard InChI is InChI=1S/C14H14F2N2.ClH/c15-14(16)9-13(14)6-1-7-18(10-13)12-4-2-11(8-17)3-5-12;/h2-5H,1,6-7,9-10H2;1H. The van der Waals surface area contributed by atoms with Gasteiger partial charge in [-0.15, -0.1) is 12.4 Å². The normalized spacial score (nSPS) is 27.5. The average Bonchev–Trinajstić information content (AvgIpc) is 2.89.